The van der Waals surface area contributed by atoms with Gasteiger partial charge in [-0.25, -0.2) is 4.98 Å². The van der Waals surface area contributed by atoms with E-state index in [2.05, 4.69) is 15.1 Å². The maximum Gasteiger partial charge on any atom is 0.307 e. The quantitative estimate of drug-likeness (QED) is 0.569. The molecule has 0 radical (unpaired) electrons. The largest absolute Gasteiger partial charge is 0.480 e. The van der Waals surface area contributed by atoms with Crippen molar-refractivity contribution in [3.8, 4) is 5.88 Å². The van der Waals surface area contributed by atoms with Crippen LogP contribution in [0.4, 0.5) is 5.69 Å². The summed E-state index contributed by atoms with van der Waals surface area (Å²) in [5.41, 5.74) is 0.501. The lowest BCUT2D eigenvalue weighted by Crippen LogP contribution is -2.05. The van der Waals surface area contributed by atoms with Crippen molar-refractivity contribution in [3.63, 3.8) is 0 Å². The molecule has 8 heteroatoms. The van der Waals surface area contributed by atoms with Gasteiger partial charge in [0.25, 0.3) is 0 Å². The maximum atomic E-state index is 10.5. The number of hydrogen-bond donors (Lipinski definition) is 0. The highest BCUT2D eigenvalue weighted by Gasteiger charge is 2.11. The van der Waals surface area contributed by atoms with Crippen molar-refractivity contribution in [1.82, 2.24) is 19.7 Å². The van der Waals surface area contributed by atoms with E-state index in [-0.39, 0.29) is 12.2 Å². The molecule has 88 valence electrons. The van der Waals surface area contributed by atoms with Crippen LogP contribution >= 0.6 is 0 Å². The van der Waals surface area contributed by atoms with Gasteiger partial charge in [0.1, 0.15) is 18.1 Å². The highest BCUT2D eigenvalue weighted by Crippen LogP contribution is 2.14. The second-order valence-corrected chi connectivity index (χ2v) is 3.17. The Bertz CT molecular complexity index is 539. The van der Waals surface area contributed by atoms with E-state index in [1.54, 1.807) is 0 Å². The summed E-state index contributed by atoms with van der Waals surface area (Å²) >= 11 is 0. The smallest absolute Gasteiger partial charge is 0.307 e. The van der Waals surface area contributed by atoms with Crippen LogP contribution in [0, 0.1) is 10.1 Å². The van der Waals surface area contributed by atoms with Crippen molar-refractivity contribution in [2.24, 2.45) is 0 Å². The number of nitro groups is 1. The molecular weight excluding hydrogens is 226 g/mol. The highest BCUT2D eigenvalue weighted by atomic mass is 16.6. The molecule has 0 aliphatic heterocycles. The third-order valence-electron chi connectivity index (χ3n) is 2.07. The molecule has 0 fully saturated rings. The van der Waals surface area contributed by atoms with Crippen molar-refractivity contribution in [1.29, 1.82) is 0 Å². The summed E-state index contributed by atoms with van der Waals surface area (Å²) in [6.45, 7) is 0.269. The van der Waals surface area contributed by atoms with Crippen LogP contribution in [0.3, 0.4) is 0 Å². The average molecular weight is 235 g/mol. The molecule has 0 spiro atoms. The van der Waals surface area contributed by atoms with E-state index in [1.807, 2.05) is 0 Å². The number of nitrogens with zero attached hydrogens (tertiary/aromatic N) is 5. The molecule has 17 heavy (non-hydrogen) atoms. The van der Waals surface area contributed by atoms with Gasteiger partial charge in [-0.05, 0) is 0 Å². The van der Waals surface area contributed by atoms with Gasteiger partial charge in [-0.2, -0.15) is 5.10 Å². The molecular formula is C9H9N5O3. The Balaban J connectivity index is 2.22. The van der Waals surface area contributed by atoms with Crippen molar-refractivity contribution >= 4 is 5.69 Å². The zero-order valence-corrected chi connectivity index (χ0v) is 8.98. The van der Waals surface area contributed by atoms with Crippen LogP contribution in [0.2, 0.25) is 0 Å². The van der Waals surface area contributed by atoms with Gasteiger partial charge in [0.2, 0.25) is 5.88 Å². The first kappa shape index (κ1) is 11.0. The first-order chi connectivity index (χ1) is 8.20. The first-order valence-electron chi connectivity index (χ1n) is 4.71. The Morgan fingerprint density at radius 1 is 1.47 bits per heavy atom. The summed E-state index contributed by atoms with van der Waals surface area (Å²) < 4.78 is 6.43. The summed E-state index contributed by atoms with van der Waals surface area (Å²) in [5.74, 6) is 0.380. The summed E-state index contributed by atoms with van der Waals surface area (Å²) in [6.07, 6.45) is 5.54. The monoisotopic (exact) mass is 235 g/mol. The number of methoxy groups -OCH3 is 1. The van der Waals surface area contributed by atoms with E-state index in [1.165, 1.54) is 36.6 Å². The van der Waals surface area contributed by atoms with E-state index in [0.717, 1.165) is 0 Å². The molecule has 2 aromatic rings. The summed E-state index contributed by atoms with van der Waals surface area (Å²) in [4.78, 5) is 18.0. The van der Waals surface area contributed by atoms with Gasteiger partial charge in [-0.1, -0.05) is 0 Å². The highest BCUT2D eigenvalue weighted by molar-refractivity contribution is 5.23. The van der Waals surface area contributed by atoms with E-state index < -0.39 is 4.92 Å². The third kappa shape index (κ3) is 2.36. The Morgan fingerprint density at radius 3 is 2.88 bits per heavy atom. The van der Waals surface area contributed by atoms with Crippen LogP contribution in [-0.2, 0) is 6.54 Å². The van der Waals surface area contributed by atoms with Crippen molar-refractivity contribution < 1.29 is 9.66 Å². The molecule has 0 aliphatic carbocycles. The first-order valence-corrected chi connectivity index (χ1v) is 4.71. The summed E-state index contributed by atoms with van der Waals surface area (Å²) in [6, 6.07) is 0. The molecule has 0 aliphatic rings. The average Bonchev–Trinajstić information content (AvgIpc) is 2.78. The molecule has 0 aromatic carbocycles. The lowest BCUT2D eigenvalue weighted by Gasteiger charge is -2.04. The SMILES string of the molecule is COc1nccnc1Cn1cc([N+](=O)[O-])cn1. The molecule has 0 N–H and O–H groups in total. The van der Waals surface area contributed by atoms with Crippen molar-refractivity contribution in [2.45, 2.75) is 6.54 Å². The number of ether oxygens (including phenoxy) is 1. The van der Waals surface area contributed by atoms with Gasteiger partial charge < -0.3 is 4.74 Å². The van der Waals surface area contributed by atoms with Crippen LogP contribution < -0.4 is 4.74 Å². The molecule has 0 bridgehead atoms. The van der Waals surface area contributed by atoms with Gasteiger partial charge in [0, 0.05) is 12.4 Å². The predicted octanol–water partition coefficient (Wildman–Crippen LogP) is 0.638. The standard InChI is InChI=1S/C9H9N5O3/c1-17-9-8(10-2-3-11-9)6-13-5-7(4-12-13)14(15)16/h2-5H,6H2,1H3. The number of rotatable bonds is 4. The molecule has 2 aromatic heterocycles. The zero-order valence-electron chi connectivity index (χ0n) is 8.98. The molecule has 2 rings (SSSR count). The normalized spacial score (nSPS) is 10.2. The van der Waals surface area contributed by atoms with Crippen LogP contribution in [0.15, 0.2) is 24.8 Å². The number of aromatic nitrogens is 4. The summed E-state index contributed by atoms with van der Waals surface area (Å²) in [5, 5.41) is 14.3. The van der Waals surface area contributed by atoms with Gasteiger partial charge in [-0.3, -0.25) is 19.8 Å². The van der Waals surface area contributed by atoms with E-state index in [9.17, 15) is 10.1 Å². The van der Waals surface area contributed by atoms with E-state index in [0.29, 0.717) is 11.6 Å². The second kappa shape index (κ2) is 4.56. The van der Waals surface area contributed by atoms with Crippen LogP contribution in [0.25, 0.3) is 0 Å². The summed E-state index contributed by atoms with van der Waals surface area (Å²) in [7, 11) is 1.49. The van der Waals surface area contributed by atoms with Gasteiger partial charge in [0.05, 0.1) is 18.6 Å². The molecule has 8 nitrogen and oxygen atoms in total. The molecule has 0 atom stereocenters. The van der Waals surface area contributed by atoms with Gasteiger partial charge >= 0.3 is 5.69 Å². The maximum absolute atomic E-state index is 10.5. The van der Waals surface area contributed by atoms with Gasteiger partial charge in [-0.15, -0.1) is 0 Å². The Kier molecular flexibility index (Phi) is 2.95. The van der Waals surface area contributed by atoms with Crippen LogP contribution in [-0.4, -0.2) is 31.8 Å². The van der Waals surface area contributed by atoms with Gasteiger partial charge in [0.15, 0.2) is 0 Å². The predicted molar refractivity (Wildman–Crippen MR) is 56.6 cm³/mol. The molecule has 0 saturated carbocycles. The molecule has 0 saturated heterocycles. The zero-order chi connectivity index (χ0) is 12.3. The fourth-order valence-corrected chi connectivity index (χ4v) is 1.32. The Hall–Kier alpha value is -2.51. The second-order valence-electron chi connectivity index (χ2n) is 3.17. The van der Waals surface area contributed by atoms with Crippen molar-refractivity contribution in [3.05, 3.63) is 40.6 Å². The lowest BCUT2D eigenvalue weighted by atomic mass is 10.4. The molecule has 0 amide bonds. The Labute approximate surface area is 96.0 Å². The topological polar surface area (TPSA) is 96.0 Å². The van der Waals surface area contributed by atoms with Crippen LogP contribution in [0.1, 0.15) is 5.69 Å². The van der Waals surface area contributed by atoms with E-state index in [4.69, 9.17) is 4.74 Å². The Morgan fingerprint density at radius 2 is 2.24 bits per heavy atom. The van der Waals surface area contributed by atoms with Crippen molar-refractivity contribution in [2.75, 3.05) is 7.11 Å². The number of hydrogen-bond acceptors (Lipinski definition) is 6. The van der Waals surface area contributed by atoms with Crippen LogP contribution in [0.5, 0.6) is 5.88 Å². The van der Waals surface area contributed by atoms with E-state index >= 15 is 0 Å². The third-order valence-corrected chi connectivity index (χ3v) is 2.07. The minimum Gasteiger partial charge on any atom is -0.480 e. The minimum absolute atomic E-state index is 0.0622. The molecule has 0 unspecified atom stereocenters. The lowest BCUT2D eigenvalue weighted by molar-refractivity contribution is -0.385. The molecule has 2 heterocycles. The minimum atomic E-state index is -0.503. The fourth-order valence-electron chi connectivity index (χ4n) is 1.32. The fraction of sp³-hybridized carbons (Fsp3) is 0.222.